The Labute approximate surface area is 170 Å². The molecule has 3 rings (SSSR count). The Kier molecular flexibility index (Phi) is 7.08. The van der Waals surface area contributed by atoms with Crippen LogP contribution in [-0.4, -0.2) is 72.4 Å². The molecule has 158 valence electrons. The van der Waals surface area contributed by atoms with Crippen molar-refractivity contribution >= 4 is 17.5 Å². The molecule has 0 unspecified atom stereocenters. The summed E-state index contributed by atoms with van der Waals surface area (Å²) in [6.07, 6.45) is 3.59. The van der Waals surface area contributed by atoms with Gasteiger partial charge in [0, 0.05) is 52.7 Å². The summed E-state index contributed by atoms with van der Waals surface area (Å²) in [4.78, 5) is 27.4. The summed E-state index contributed by atoms with van der Waals surface area (Å²) in [6.45, 7) is 6.83. The Balaban J connectivity index is 1.57. The molecule has 1 fully saturated rings. The number of nitrogens with one attached hydrogen (secondary N) is 2. The fourth-order valence-electron chi connectivity index (χ4n) is 3.39. The quantitative estimate of drug-likeness (QED) is 0.688. The molecule has 9 nitrogen and oxygen atoms in total. The third-order valence-corrected chi connectivity index (χ3v) is 4.85. The first kappa shape index (κ1) is 21.1. The number of aryl methyl sites for hydroxylation is 2. The molecule has 2 aromatic heterocycles. The van der Waals surface area contributed by atoms with Crippen LogP contribution in [0, 0.1) is 6.92 Å². The van der Waals surface area contributed by atoms with Gasteiger partial charge in [-0.05, 0) is 24.6 Å². The van der Waals surface area contributed by atoms with E-state index in [1.54, 1.807) is 41.6 Å². The topological polar surface area (TPSA) is 89.8 Å². The lowest BCUT2D eigenvalue weighted by Gasteiger charge is -2.26. The minimum absolute atomic E-state index is 0.167. The van der Waals surface area contributed by atoms with Crippen molar-refractivity contribution in [2.75, 3.05) is 51.8 Å². The van der Waals surface area contributed by atoms with E-state index in [4.69, 9.17) is 9.47 Å². The Bertz CT molecular complexity index is 851. The van der Waals surface area contributed by atoms with Gasteiger partial charge in [0.25, 0.3) is 11.8 Å². The zero-order chi connectivity index (χ0) is 20.8. The molecule has 1 saturated heterocycles. The van der Waals surface area contributed by atoms with Crippen molar-refractivity contribution in [3.05, 3.63) is 41.5 Å². The van der Waals surface area contributed by atoms with Crippen LogP contribution >= 0.6 is 0 Å². The van der Waals surface area contributed by atoms with Gasteiger partial charge in [0.2, 0.25) is 0 Å². The van der Waals surface area contributed by atoms with Crippen molar-refractivity contribution in [3.8, 4) is 0 Å². The van der Waals surface area contributed by atoms with E-state index in [-0.39, 0.29) is 11.8 Å². The molecule has 3 heterocycles. The maximum absolute atomic E-state index is 12.6. The Morgan fingerprint density at radius 1 is 1.14 bits per heavy atom. The molecule has 0 saturated carbocycles. The molecular weight excluding hydrogens is 374 g/mol. The third-order valence-electron chi connectivity index (χ3n) is 4.85. The van der Waals surface area contributed by atoms with E-state index in [2.05, 4.69) is 15.5 Å². The molecule has 1 aliphatic rings. The standard InChI is InChI=1S/C20H29N5O4/c1-15-10-18(25(12-15)14-28-3)20(27)22-16-11-17(23(2)13-16)19(26)21-4-5-24-6-8-29-9-7-24/h10-13H,4-9,14H2,1-3H3,(H,21,26)(H,22,27). The molecule has 2 amide bonds. The Morgan fingerprint density at radius 3 is 2.62 bits per heavy atom. The second-order valence-corrected chi connectivity index (χ2v) is 7.18. The summed E-state index contributed by atoms with van der Waals surface area (Å²) in [5.41, 5.74) is 2.54. The zero-order valence-corrected chi connectivity index (χ0v) is 17.2. The van der Waals surface area contributed by atoms with Crippen LogP contribution < -0.4 is 10.6 Å². The maximum atomic E-state index is 12.6. The van der Waals surface area contributed by atoms with Crippen LogP contribution in [0.3, 0.4) is 0 Å². The fraction of sp³-hybridized carbons (Fsp3) is 0.500. The van der Waals surface area contributed by atoms with Crippen LogP contribution in [0.2, 0.25) is 0 Å². The number of anilines is 1. The van der Waals surface area contributed by atoms with Crippen molar-refractivity contribution in [1.29, 1.82) is 0 Å². The van der Waals surface area contributed by atoms with Gasteiger partial charge in [-0.15, -0.1) is 0 Å². The molecule has 0 atom stereocenters. The molecule has 2 aromatic rings. The molecule has 0 aliphatic carbocycles. The Hall–Kier alpha value is -2.62. The van der Waals surface area contributed by atoms with Crippen molar-refractivity contribution in [3.63, 3.8) is 0 Å². The van der Waals surface area contributed by atoms with Gasteiger partial charge in [-0.2, -0.15) is 0 Å². The number of methoxy groups -OCH3 is 1. The summed E-state index contributed by atoms with van der Waals surface area (Å²) >= 11 is 0. The SMILES string of the molecule is COCn1cc(C)cc1C(=O)Nc1cc(C(=O)NCCN2CCOCC2)n(C)c1. The van der Waals surface area contributed by atoms with Crippen molar-refractivity contribution in [2.45, 2.75) is 13.7 Å². The first-order valence-electron chi connectivity index (χ1n) is 9.69. The highest BCUT2D eigenvalue weighted by molar-refractivity contribution is 6.04. The minimum atomic E-state index is -0.250. The number of carbonyl (C=O) groups is 2. The number of rotatable bonds is 8. The highest BCUT2D eigenvalue weighted by atomic mass is 16.5. The molecule has 29 heavy (non-hydrogen) atoms. The van der Waals surface area contributed by atoms with E-state index in [9.17, 15) is 9.59 Å². The molecule has 0 spiro atoms. The second kappa shape index (κ2) is 9.73. The van der Waals surface area contributed by atoms with Crippen LogP contribution in [0.5, 0.6) is 0 Å². The van der Waals surface area contributed by atoms with E-state index in [1.165, 1.54) is 0 Å². The van der Waals surface area contributed by atoms with Gasteiger partial charge in [0.05, 0.1) is 18.9 Å². The van der Waals surface area contributed by atoms with E-state index in [1.807, 2.05) is 13.1 Å². The molecule has 1 aliphatic heterocycles. The van der Waals surface area contributed by atoms with E-state index < -0.39 is 0 Å². The number of amides is 2. The minimum Gasteiger partial charge on any atom is -0.379 e. The molecule has 9 heteroatoms. The average molecular weight is 403 g/mol. The van der Waals surface area contributed by atoms with Crippen molar-refractivity contribution in [1.82, 2.24) is 19.4 Å². The number of hydrogen-bond acceptors (Lipinski definition) is 5. The van der Waals surface area contributed by atoms with E-state index in [0.29, 0.717) is 30.4 Å². The largest absolute Gasteiger partial charge is 0.379 e. The van der Waals surface area contributed by atoms with E-state index >= 15 is 0 Å². The predicted molar refractivity (Wildman–Crippen MR) is 109 cm³/mol. The maximum Gasteiger partial charge on any atom is 0.272 e. The number of carbonyl (C=O) groups excluding carboxylic acids is 2. The van der Waals surface area contributed by atoms with Crippen molar-refractivity contribution < 1.29 is 19.1 Å². The van der Waals surface area contributed by atoms with Crippen molar-refractivity contribution in [2.24, 2.45) is 7.05 Å². The second-order valence-electron chi connectivity index (χ2n) is 7.18. The van der Waals surface area contributed by atoms with Crippen LogP contribution in [0.1, 0.15) is 26.5 Å². The number of nitrogens with zero attached hydrogens (tertiary/aromatic N) is 3. The lowest BCUT2D eigenvalue weighted by Crippen LogP contribution is -2.41. The van der Waals surface area contributed by atoms with Crippen LogP contribution in [-0.2, 0) is 23.3 Å². The normalized spacial score (nSPS) is 14.7. The first-order valence-corrected chi connectivity index (χ1v) is 9.69. The first-order chi connectivity index (χ1) is 14.0. The number of ether oxygens (including phenoxy) is 2. The van der Waals surface area contributed by atoms with Gasteiger partial charge in [0.1, 0.15) is 18.1 Å². The fourth-order valence-corrected chi connectivity index (χ4v) is 3.39. The monoisotopic (exact) mass is 403 g/mol. The van der Waals surface area contributed by atoms with Gasteiger partial charge < -0.3 is 29.2 Å². The molecule has 2 N–H and O–H groups in total. The highest BCUT2D eigenvalue weighted by Gasteiger charge is 2.17. The van der Waals surface area contributed by atoms with Gasteiger partial charge in [-0.25, -0.2) is 0 Å². The highest BCUT2D eigenvalue weighted by Crippen LogP contribution is 2.16. The molecule has 0 radical (unpaired) electrons. The van der Waals surface area contributed by atoms with Crippen LogP contribution in [0.15, 0.2) is 24.5 Å². The van der Waals surface area contributed by atoms with Gasteiger partial charge in [-0.1, -0.05) is 0 Å². The summed E-state index contributed by atoms with van der Waals surface area (Å²) in [5, 5.41) is 5.79. The summed E-state index contributed by atoms with van der Waals surface area (Å²) in [5.74, 6) is -0.417. The number of aromatic nitrogens is 2. The lowest BCUT2D eigenvalue weighted by atomic mass is 10.3. The summed E-state index contributed by atoms with van der Waals surface area (Å²) < 4.78 is 13.9. The third kappa shape index (κ3) is 5.47. The van der Waals surface area contributed by atoms with Crippen LogP contribution in [0.25, 0.3) is 0 Å². The summed E-state index contributed by atoms with van der Waals surface area (Å²) in [6, 6.07) is 3.48. The molecule has 0 aromatic carbocycles. The zero-order valence-electron chi connectivity index (χ0n) is 17.2. The van der Waals surface area contributed by atoms with Gasteiger partial charge in [0.15, 0.2) is 0 Å². The number of hydrogen-bond donors (Lipinski definition) is 2. The van der Waals surface area contributed by atoms with Crippen LogP contribution in [0.4, 0.5) is 5.69 Å². The Morgan fingerprint density at radius 2 is 1.90 bits per heavy atom. The number of morpholine rings is 1. The summed E-state index contributed by atoms with van der Waals surface area (Å²) in [7, 11) is 3.36. The predicted octanol–water partition coefficient (Wildman–Crippen LogP) is 1.05. The van der Waals surface area contributed by atoms with Gasteiger partial charge in [-0.3, -0.25) is 14.5 Å². The molecular formula is C20H29N5O4. The molecule has 0 bridgehead atoms. The lowest BCUT2D eigenvalue weighted by molar-refractivity contribution is 0.0383. The van der Waals surface area contributed by atoms with E-state index in [0.717, 1.165) is 38.4 Å². The smallest absolute Gasteiger partial charge is 0.272 e. The van der Waals surface area contributed by atoms with Gasteiger partial charge >= 0.3 is 0 Å². The average Bonchev–Trinajstić information content (AvgIpc) is 3.25.